The Morgan fingerprint density at radius 2 is 1.79 bits per heavy atom. The van der Waals surface area contributed by atoms with Crippen molar-refractivity contribution in [2.45, 2.75) is 39.5 Å². The first-order valence-electron chi connectivity index (χ1n) is 9.86. The Kier molecular flexibility index (Phi) is 6.43. The number of pyridine rings is 1. The Morgan fingerprint density at radius 1 is 1.04 bits per heavy atom. The van der Waals surface area contributed by atoms with Crippen LogP contribution < -0.4 is 11.1 Å². The normalized spacial score (nSPS) is 11.2. The van der Waals surface area contributed by atoms with E-state index in [0.717, 1.165) is 47.8 Å². The molecule has 3 aromatic rings. The first kappa shape index (κ1) is 19.6. The minimum absolute atomic E-state index is 0.175. The molecule has 0 spiro atoms. The fourth-order valence-corrected chi connectivity index (χ4v) is 3.21. The standard InChI is InChI=1S/C24H27N3O/c1-3-5-17-7-9-18(10-8-17)11-14-24(28)27-20-12-13-23-21(15-20)22(25)16-19(26-23)6-4-2/h7-16H,3-6H2,1-2H3,(H2,25,26)(H,27,28)/b14-11+. The molecule has 2 aromatic carbocycles. The molecule has 0 radical (unpaired) electrons. The Bertz CT molecular complexity index is 991. The van der Waals surface area contributed by atoms with Gasteiger partial charge in [0.25, 0.3) is 0 Å². The molecule has 0 saturated carbocycles. The van der Waals surface area contributed by atoms with E-state index < -0.39 is 0 Å². The van der Waals surface area contributed by atoms with Crippen LogP contribution in [0.2, 0.25) is 0 Å². The average molecular weight is 374 g/mol. The number of hydrogen-bond acceptors (Lipinski definition) is 3. The van der Waals surface area contributed by atoms with Crippen LogP contribution in [0.1, 0.15) is 43.5 Å². The molecule has 0 aliphatic heterocycles. The number of benzene rings is 2. The minimum atomic E-state index is -0.175. The van der Waals surface area contributed by atoms with Gasteiger partial charge in [0.05, 0.1) is 5.52 Å². The van der Waals surface area contributed by atoms with Crippen LogP contribution in [0.3, 0.4) is 0 Å². The number of nitrogen functional groups attached to an aromatic ring is 1. The zero-order chi connectivity index (χ0) is 19.9. The van der Waals surface area contributed by atoms with E-state index in [-0.39, 0.29) is 5.91 Å². The number of nitrogens with zero attached hydrogens (tertiary/aromatic N) is 1. The second-order valence-electron chi connectivity index (χ2n) is 7.00. The van der Waals surface area contributed by atoms with Gasteiger partial charge in [-0.25, -0.2) is 0 Å². The summed E-state index contributed by atoms with van der Waals surface area (Å²) in [4.78, 5) is 16.9. The molecule has 28 heavy (non-hydrogen) atoms. The molecule has 0 saturated heterocycles. The van der Waals surface area contributed by atoms with Gasteiger partial charge in [0.1, 0.15) is 0 Å². The van der Waals surface area contributed by atoms with E-state index in [2.05, 4.69) is 36.3 Å². The lowest BCUT2D eigenvalue weighted by Crippen LogP contribution is -2.08. The van der Waals surface area contributed by atoms with Crippen molar-refractivity contribution in [3.05, 3.63) is 71.4 Å². The molecule has 3 rings (SSSR count). The van der Waals surface area contributed by atoms with E-state index in [4.69, 9.17) is 5.73 Å². The summed E-state index contributed by atoms with van der Waals surface area (Å²) in [6.07, 6.45) is 7.50. The van der Waals surface area contributed by atoms with Gasteiger partial charge in [0.15, 0.2) is 0 Å². The average Bonchev–Trinajstić information content (AvgIpc) is 2.68. The number of aromatic nitrogens is 1. The molecule has 0 bridgehead atoms. The number of hydrogen-bond donors (Lipinski definition) is 2. The summed E-state index contributed by atoms with van der Waals surface area (Å²) in [5, 5.41) is 3.75. The predicted molar refractivity (Wildman–Crippen MR) is 118 cm³/mol. The number of nitrogens with one attached hydrogen (secondary N) is 1. The predicted octanol–water partition coefficient (Wildman–Crippen LogP) is 5.37. The van der Waals surface area contributed by atoms with Gasteiger partial charge < -0.3 is 11.1 Å². The Labute approximate surface area is 166 Å². The van der Waals surface area contributed by atoms with Crippen molar-refractivity contribution in [1.29, 1.82) is 0 Å². The van der Waals surface area contributed by atoms with Crippen LogP contribution in [0.4, 0.5) is 11.4 Å². The van der Waals surface area contributed by atoms with Crippen LogP contribution in [-0.4, -0.2) is 10.9 Å². The van der Waals surface area contributed by atoms with Gasteiger partial charge in [-0.15, -0.1) is 0 Å². The second-order valence-corrected chi connectivity index (χ2v) is 7.00. The van der Waals surface area contributed by atoms with Gasteiger partial charge in [-0.2, -0.15) is 0 Å². The molecule has 4 nitrogen and oxygen atoms in total. The number of aryl methyl sites for hydroxylation is 2. The SMILES string of the molecule is CCCc1ccc(/C=C/C(=O)Nc2ccc3nc(CCC)cc(N)c3c2)cc1. The zero-order valence-corrected chi connectivity index (χ0v) is 16.5. The summed E-state index contributed by atoms with van der Waals surface area (Å²) >= 11 is 0. The summed E-state index contributed by atoms with van der Waals surface area (Å²) in [5.74, 6) is -0.175. The van der Waals surface area contributed by atoms with Crippen molar-refractivity contribution in [3.8, 4) is 0 Å². The van der Waals surface area contributed by atoms with E-state index in [1.165, 1.54) is 5.56 Å². The largest absolute Gasteiger partial charge is 0.398 e. The molecular formula is C24H27N3O. The molecule has 1 heterocycles. The fraction of sp³-hybridized carbons (Fsp3) is 0.250. The van der Waals surface area contributed by atoms with E-state index in [0.29, 0.717) is 11.4 Å². The van der Waals surface area contributed by atoms with Crippen molar-refractivity contribution < 1.29 is 4.79 Å². The molecule has 3 N–H and O–H groups in total. The van der Waals surface area contributed by atoms with Crippen LogP contribution in [0.25, 0.3) is 17.0 Å². The maximum absolute atomic E-state index is 12.3. The van der Waals surface area contributed by atoms with E-state index in [1.54, 1.807) is 6.08 Å². The molecule has 144 valence electrons. The van der Waals surface area contributed by atoms with Crippen molar-refractivity contribution in [1.82, 2.24) is 4.98 Å². The highest BCUT2D eigenvalue weighted by Crippen LogP contribution is 2.24. The highest BCUT2D eigenvalue weighted by atomic mass is 16.1. The molecule has 4 heteroatoms. The Hall–Kier alpha value is -3.14. The van der Waals surface area contributed by atoms with Gasteiger partial charge in [0.2, 0.25) is 5.91 Å². The summed E-state index contributed by atoms with van der Waals surface area (Å²) in [7, 11) is 0. The number of nitrogens with two attached hydrogens (primary N) is 1. The third-order valence-electron chi connectivity index (χ3n) is 4.61. The van der Waals surface area contributed by atoms with Crippen molar-refractivity contribution in [2.75, 3.05) is 11.1 Å². The Morgan fingerprint density at radius 3 is 2.50 bits per heavy atom. The van der Waals surface area contributed by atoms with Gasteiger partial charge in [-0.1, -0.05) is 51.0 Å². The highest BCUT2D eigenvalue weighted by molar-refractivity contribution is 6.03. The molecule has 0 aliphatic carbocycles. The third-order valence-corrected chi connectivity index (χ3v) is 4.61. The highest BCUT2D eigenvalue weighted by Gasteiger charge is 2.06. The van der Waals surface area contributed by atoms with Crippen LogP contribution >= 0.6 is 0 Å². The monoisotopic (exact) mass is 373 g/mol. The first-order chi connectivity index (χ1) is 13.6. The lowest BCUT2D eigenvalue weighted by Gasteiger charge is -2.08. The number of carbonyl (C=O) groups excluding carboxylic acids is 1. The fourth-order valence-electron chi connectivity index (χ4n) is 3.21. The van der Waals surface area contributed by atoms with Crippen molar-refractivity contribution in [3.63, 3.8) is 0 Å². The molecule has 0 aliphatic rings. The minimum Gasteiger partial charge on any atom is -0.398 e. The smallest absolute Gasteiger partial charge is 0.248 e. The molecule has 1 amide bonds. The lowest BCUT2D eigenvalue weighted by molar-refractivity contribution is -0.111. The molecule has 1 aromatic heterocycles. The van der Waals surface area contributed by atoms with Crippen molar-refractivity contribution in [2.24, 2.45) is 0 Å². The summed E-state index contributed by atoms with van der Waals surface area (Å²) < 4.78 is 0. The second kappa shape index (κ2) is 9.18. The first-order valence-corrected chi connectivity index (χ1v) is 9.86. The summed E-state index contributed by atoms with van der Waals surface area (Å²) in [5.41, 5.74) is 11.7. The van der Waals surface area contributed by atoms with Crippen LogP contribution in [0.5, 0.6) is 0 Å². The molecular weight excluding hydrogens is 346 g/mol. The van der Waals surface area contributed by atoms with E-state index >= 15 is 0 Å². The third kappa shape index (κ3) is 4.97. The molecule has 0 atom stereocenters. The Balaban J connectivity index is 1.70. The van der Waals surface area contributed by atoms with Gasteiger partial charge in [-0.05, 0) is 54.3 Å². The van der Waals surface area contributed by atoms with E-state index in [9.17, 15) is 4.79 Å². The van der Waals surface area contributed by atoms with Crippen LogP contribution in [-0.2, 0) is 17.6 Å². The van der Waals surface area contributed by atoms with Crippen LogP contribution in [0, 0.1) is 0 Å². The maximum Gasteiger partial charge on any atom is 0.248 e. The number of amides is 1. The molecule has 0 unspecified atom stereocenters. The quantitative estimate of drug-likeness (QED) is 0.547. The number of carbonyl (C=O) groups is 1. The molecule has 0 fully saturated rings. The summed E-state index contributed by atoms with van der Waals surface area (Å²) in [6, 6.07) is 15.8. The van der Waals surface area contributed by atoms with Gasteiger partial charge in [-0.3, -0.25) is 9.78 Å². The maximum atomic E-state index is 12.3. The number of rotatable bonds is 7. The zero-order valence-electron chi connectivity index (χ0n) is 16.5. The van der Waals surface area contributed by atoms with Crippen LogP contribution in [0.15, 0.2) is 54.6 Å². The van der Waals surface area contributed by atoms with Gasteiger partial charge >= 0.3 is 0 Å². The summed E-state index contributed by atoms with van der Waals surface area (Å²) in [6.45, 7) is 4.28. The van der Waals surface area contributed by atoms with E-state index in [1.807, 2.05) is 42.5 Å². The number of fused-ring (bicyclic) bond motifs is 1. The topological polar surface area (TPSA) is 68.0 Å². The number of anilines is 2. The lowest BCUT2D eigenvalue weighted by atomic mass is 10.1. The van der Waals surface area contributed by atoms with Gasteiger partial charge in [0, 0.05) is 28.5 Å². The van der Waals surface area contributed by atoms with Crippen molar-refractivity contribution >= 4 is 34.3 Å².